The summed E-state index contributed by atoms with van der Waals surface area (Å²) in [4.78, 5) is 46.7. The van der Waals surface area contributed by atoms with Gasteiger partial charge in [-0.2, -0.15) is 0 Å². The van der Waals surface area contributed by atoms with E-state index in [1.807, 2.05) is 101 Å². The molecule has 5 rings (SSSR count). The first kappa shape index (κ1) is 43.9. The zero-order chi connectivity index (χ0) is 42.3. The minimum Gasteiger partial charge on any atom is -0.506 e. The number of hydrogen-bond donors (Lipinski definition) is 1. The van der Waals surface area contributed by atoms with Crippen LogP contribution in [0.3, 0.4) is 0 Å². The third-order valence-electron chi connectivity index (χ3n) is 12.2. The molecule has 0 spiro atoms. The molecule has 6 nitrogen and oxygen atoms in total. The second-order valence-electron chi connectivity index (χ2n) is 17.5. The second kappa shape index (κ2) is 18.6. The van der Waals surface area contributed by atoms with Crippen LogP contribution in [-0.4, -0.2) is 22.5 Å². The van der Waals surface area contributed by atoms with Gasteiger partial charge in [-0.05, 0) is 135 Å². The molecule has 0 heterocycles. The van der Waals surface area contributed by atoms with Crippen LogP contribution >= 0.6 is 0 Å². The van der Waals surface area contributed by atoms with Crippen molar-refractivity contribution >= 4 is 23.1 Å². The van der Waals surface area contributed by atoms with Crippen molar-refractivity contribution in [2.24, 2.45) is 22.2 Å². The second-order valence-corrected chi connectivity index (χ2v) is 17.5. The molecule has 0 unspecified atom stereocenters. The van der Waals surface area contributed by atoms with Gasteiger partial charge in [0.2, 0.25) is 0 Å². The summed E-state index contributed by atoms with van der Waals surface area (Å²) in [7, 11) is 0. The lowest BCUT2D eigenvalue weighted by atomic mass is 9.37. The Morgan fingerprint density at radius 1 is 0.672 bits per heavy atom. The molecule has 0 radical (unpaired) electrons. The molecule has 2 aliphatic carbocycles. The maximum absolute atomic E-state index is 15.7. The smallest absolute Gasteiger partial charge is 0.184 e. The number of benzene rings is 3. The van der Waals surface area contributed by atoms with E-state index >= 15 is 14.4 Å². The van der Waals surface area contributed by atoms with Crippen LogP contribution in [0.4, 0.5) is 0 Å². The largest absolute Gasteiger partial charge is 0.506 e. The van der Waals surface area contributed by atoms with Crippen molar-refractivity contribution in [3.63, 3.8) is 0 Å². The summed E-state index contributed by atoms with van der Waals surface area (Å²) in [6, 6.07) is 24.5. The number of hydrogen-bond acceptors (Lipinski definition) is 6. The van der Waals surface area contributed by atoms with E-state index < -0.39 is 33.6 Å². The van der Waals surface area contributed by atoms with E-state index in [0.29, 0.717) is 30.8 Å². The molecule has 1 N–H and O–H groups in total. The van der Waals surface area contributed by atoms with Gasteiger partial charge in [-0.25, -0.2) is 0 Å². The SMILES string of the molecule is CC(C)=CCC[C@]1(C)[C@@H](CC=C(C)C)C[C@@]2(CC=C(C)C)C(=O)C(=C(O)c3ccc(OCc4ccccc4)c(OCc4ccccc4)c3)C(=O)[C@]1(CC=C(C)C)C2=O. The highest BCUT2D eigenvalue weighted by atomic mass is 16.5. The molecule has 2 fully saturated rings. The highest BCUT2D eigenvalue weighted by molar-refractivity contribution is 6.41. The van der Waals surface area contributed by atoms with Crippen molar-refractivity contribution < 1.29 is 29.0 Å². The Kier molecular flexibility index (Phi) is 14.1. The molecule has 306 valence electrons. The molecule has 4 atom stereocenters. The Bertz CT molecular complexity index is 2140. The van der Waals surface area contributed by atoms with Crippen LogP contribution in [0.5, 0.6) is 11.5 Å². The lowest BCUT2D eigenvalue weighted by Gasteiger charge is -2.61. The van der Waals surface area contributed by atoms with E-state index in [2.05, 4.69) is 46.8 Å². The zero-order valence-electron chi connectivity index (χ0n) is 36.0. The Labute approximate surface area is 346 Å². The highest BCUT2D eigenvalue weighted by Crippen LogP contribution is 2.67. The monoisotopic (exact) mass is 782 g/mol. The number of carbonyl (C=O) groups is 3. The normalized spacial score (nSPS) is 23.4. The summed E-state index contributed by atoms with van der Waals surface area (Å²) in [5.41, 5.74) is 2.11. The van der Waals surface area contributed by atoms with Gasteiger partial charge >= 0.3 is 0 Å². The van der Waals surface area contributed by atoms with Crippen LogP contribution < -0.4 is 9.47 Å². The number of ether oxygens (including phenoxy) is 2. The molecule has 2 saturated carbocycles. The van der Waals surface area contributed by atoms with Crippen molar-refractivity contribution in [3.05, 3.63) is 148 Å². The molecule has 0 saturated heterocycles. The number of aliphatic hydroxyl groups excluding tert-OH is 1. The molecule has 2 bridgehead atoms. The third-order valence-corrected chi connectivity index (χ3v) is 12.2. The average molecular weight is 783 g/mol. The standard InChI is InChI=1S/C52H62O6/c1-35(2)17-16-28-50(9)42(24-22-36(3)4)32-51(29-26-37(5)6)47(54)45(48(55)52(50,49(51)56)30-27-38(7)8)46(53)41-23-25-43(57-33-39-18-12-10-13-19-39)44(31-41)58-34-40-20-14-11-15-21-40/h10-15,17-23,25-27,31,42,53H,16,24,28-30,32-34H2,1-9H3/t42-,50+,51-,52+/m0/s1. The lowest BCUT2D eigenvalue weighted by Crippen LogP contribution is -2.70. The van der Waals surface area contributed by atoms with E-state index in [1.165, 1.54) is 0 Å². The molecular formula is C52H62O6. The number of ketones is 3. The maximum Gasteiger partial charge on any atom is 0.184 e. The molecule has 0 amide bonds. The molecule has 6 heteroatoms. The predicted octanol–water partition coefficient (Wildman–Crippen LogP) is 12.6. The topological polar surface area (TPSA) is 89.9 Å². The van der Waals surface area contributed by atoms with E-state index in [9.17, 15) is 5.11 Å². The van der Waals surface area contributed by atoms with Gasteiger partial charge in [0.25, 0.3) is 0 Å². The fourth-order valence-electron chi connectivity index (χ4n) is 8.81. The van der Waals surface area contributed by atoms with Gasteiger partial charge in [0, 0.05) is 5.56 Å². The Hall–Kier alpha value is -5.23. The number of aliphatic hydroxyl groups is 1. The summed E-state index contributed by atoms with van der Waals surface area (Å²) in [5, 5.41) is 12.5. The Balaban J connectivity index is 1.75. The van der Waals surface area contributed by atoms with Crippen molar-refractivity contribution in [2.45, 2.75) is 114 Å². The summed E-state index contributed by atoms with van der Waals surface area (Å²) in [5.74, 6) is -1.31. The number of Topliss-reactive ketones (excluding diaryl/α,β-unsaturated/α-hetero) is 3. The van der Waals surface area contributed by atoms with Crippen LogP contribution in [0.2, 0.25) is 0 Å². The summed E-state index contributed by atoms with van der Waals surface area (Å²) >= 11 is 0. The number of allylic oxidation sites excluding steroid dienone is 9. The van der Waals surface area contributed by atoms with E-state index in [-0.39, 0.29) is 55.3 Å². The van der Waals surface area contributed by atoms with Gasteiger partial charge in [0.15, 0.2) is 28.8 Å². The van der Waals surface area contributed by atoms with Gasteiger partial charge in [0.1, 0.15) is 30.0 Å². The molecule has 58 heavy (non-hydrogen) atoms. The number of carbonyl (C=O) groups excluding carboxylic acids is 3. The molecular weight excluding hydrogens is 721 g/mol. The summed E-state index contributed by atoms with van der Waals surface area (Å²) in [6.07, 6.45) is 10.7. The van der Waals surface area contributed by atoms with Crippen LogP contribution in [-0.2, 0) is 27.6 Å². The van der Waals surface area contributed by atoms with Gasteiger partial charge in [-0.3, -0.25) is 14.4 Å². The van der Waals surface area contributed by atoms with Crippen molar-refractivity contribution in [1.82, 2.24) is 0 Å². The molecule has 0 aromatic heterocycles. The maximum atomic E-state index is 15.7. The van der Waals surface area contributed by atoms with Crippen molar-refractivity contribution in [2.75, 3.05) is 0 Å². The van der Waals surface area contributed by atoms with Crippen LogP contribution in [0.15, 0.2) is 131 Å². The molecule has 3 aromatic rings. The molecule has 3 aromatic carbocycles. The quantitative estimate of drug-likeness (QED) is 0.0512. The number of rotatable bonds is 16. The van der Waals surface area contributed by atoms with E-state index in [0.717, 1.165) is 33.4 Å². The fraction of sp³-hybridized carbons (Fsp3) is 0.404. The third kappa shape index (κ3) is 9.07. The van der Waals surface area contributed by atoms with E-state index in [4.69, 9.17) is 9.47 Å². The number of fused-ring (bicyclic) bond motifs is 2. The molecule has 2 aliphatic rings. The first-order chi connectivity index (χ1) is 27.6. The highest BCUT2D eigenvalue weighted by Gasteiger charge is 2.74. The first-order valence-electron chi connectivity index (χ1n) is 20.6. The molecule has 0 aliphatic heterocycles. The van der Waals surface area contributed by atoms with Gasteiger partial charge in [0.05, 0.1) is 5.41 Å². The minimum atomic E-state index is -1.60. The predicted molar refractivity (Wildman–Crippen MR) is 234 cm³/mol. The van der Waals surface area contributed by atoms with Gasteiger partial charge < -0.3 is 14.6 Å². The Morgan fingerprint density at radius 3 is 1.76 bits per heavy atom. The van der Waals surface area contributed by atoms with Crippen LogP contribution in [0.25, 0.3) is 5.76 Å². The van der Waals surface area contributed by atoms with Gasteiger partial charge in [-0.1, -0.05) is 114 Å². The van der Waals surface area contributed by atoms with Crippen molar-refractivity contribution in [1.29, 1.82) is 0 Å². The lowest BCUT2D eigenvalue weighted by molar-refractivity contribution is -0.178. The van der Waals surface area contributed by atoms with Crippen LogP contribution in [0.1, 0.15) is 118 Å². The Morgan fingerprint density at radius 2 is 1.21 bits per heavy atom. The first-order valence-corrected chi connectivity index (χ1v) is 20.6. The fourth-order valence-corrected chi connectivity index (χ4v) is 8.81. The zero-order valence-corrected chi connectivity index (χ0v) is 36.0. The van der Waals surface area contributed by atoms with E-state index in [1.54, 1.807) is 18.2 Å². The minimum absolute atomic E-state index is 0.141. The van der Waals surface area contributed by atoms with Crippen molar-refractivity contribution in [3.8, 4) is 11.5 Å². The summed E-state index contributed by atoms with van der Waals surface area (Å²) < 4.78 is 12.6. The summed E-state index contributed by atoms with van der Waals surface area (Å²) in [6.45, 7) is 18.7. The van der Waals surface area contributed by atoms with Crippen LogP contribution in [0, 0.1) is 22.2 Å². The average Bonchev–Trinajstić information content (AvgIpc) is 3.19. The van der Waals surface area contributed by atoms with Gasteiger partial charge in [-0.15, -0.1) is 0 Å².